The first-order valence-electron chi connectivity index (χ1n) is 9.85. The summed E-state index contributed by atoms with van der Waals surface area (Å²) in [4.78, 5) is 2.01. The molecular weight excluding hydrogens is 406 g/mol. The van der Waals surface area contributed by atoms with Crippen LogP contribution in [0, 0.1) is 11.3 Å². The van der Waals surface area contributed by atoms with Gasteiger partial charge in [0.2, 0.25) is 0 Å². The van der Waals surface area contributed by atoms with Crippen LogP contribution in [0.15, 0.2) is 41.3 Å². The molecule has 2 aliphatic rings. The maximum absolute atomic E-state index is 13.3. The molecule has 0 spiro atoms. The van der Waals surface area contributed by atoms with E-state index in [0.717, 1.165) is 31.5 Å². The lowest BCUT2D eigenvalue weighted by Gasteiger charge is -2.38. The van der Waals surface area contributed by atoms with Gasteiger partial charge in [0.25, 0.3) is 10.0 Å². The van der Waals surface area contributed by atoms with Gasteiger partial charge in [-0.25, -0.2) is 8.42 Å². The van der Waals surface area contributed by atoms with Crippen molar-refractivity contribution in [2.45, 2.75) is 42.9 Å². The van der Waals surface area contributed by atoms with Crippen molar-refractivity contribution in [1.82, 2.24) is 0 Å². The van der Waals surface area contributed by atoms with Crippen molar-refractivity contribution >= 4 is 21.4 Å². The summed E-state index contributed by atoms with van der Waals surface area (Å²) in [7, 11) is -4.12. The fourth-order valence-corrected chi connectivity index (χ4v) is 5.32. The second-order valence-corrected chi connectivity index (χ2v) is 9.16. The Bertz CT molecular complexity index is 1090. The molecule has 0 saturated carbocycles. The van der Waals surface area contributed by atoms with Crippen molar-refractivity contribution in [1.29, 1.82) is 5.26 Å². The lowest BCUT2D eigenvalue weighted by molar-refractivity contribution is -0.0426. The highest BCUT2D eigenvalue weighted by Gasteiger charge is 2.29. The van der Waals surface area contributed by atoms with Gasteiger partial charge >= 0.3 is 0 Å². The van der Waals surface area contributed by atoms with Gasteiger partial charge in [-0.3, -0.25) is 4.72 Å². The van der Waals surface area contributed by atoms with Gasteiger partial charge in [-0.1, -0.05) is 6.07 Å². The number of benzene rings is 2. The summed E-state index contributed by atoms with van der Waals surface area (Å²) in [6.07, 6.45) is 1.96. The largest absolute Gasteiger partial charge is 0.492 e. The van der Waals surface area contributed by atoms with Crippen molar-refractivity contribution in [3.8, 4) is 11.8 Å². The van der Waals surface area contributed by atoms with Crippen molar-refractivity contribution in [3.05, 3.63) is 47.5 Å². The highest BCUT2D eigenvalue weighted by Crippen LogP contribution is 2.37. The van der Waals surface area contributed by atoms with E-state index in [9.17, 15) is 23.9 Å². The smallest absolute Gasteiger partial charge is 0.265 e. The Balaban J connectivity index is 1.87. The Morgan fingerprint density at radius 1 is 1.17 bits per heavy atom. The van der Waals surface area contributed by atoms with Crippen molar-refractivity contribution < 1.29 is 23.4 Å². The van der Waals surface area contributed by atoms with Crippen LogP contribution in [0.3, 0.4) is 0 Å². The molecule has 158 valence electrons. The number of nitrogens with zero attached hydrogens (tertiary/aromatic N) is 2. The maximum Gasteiger partial charge on any atom is 0.265 e. The van der Waals surface area contributed by atoms with Crippen LogP contribution < -0.4 is 14.4 Å². The summed E-state index contributed by atoms with van der Waals surface area (Å²) in [5.74, 6) is 0.147. The quantitative estimate of drug-likeness (QED) is 0.595. The molecule has 0 radical (unpaired) electrons. The maximum atomic E-state index is 13.3. The Labute approximate surface area is 175 Å². The number of nitriles is 1. The number of hydrogen-bond donors (Lipinski definition) is 3. The summed E-state index contributed by atoms with van der Waals surface area (Å²) in [5, 5.41) is 28.3. The standard InChI is InChI=1S/C21H23N3O5S/c22-13-14-4-6-18-17(11-14)23-30(27,28)20-12-15(21(25)26)5-7-19(20)29-10-8-16-3-1-2-9-24(16)18/h4-7,11-12,16,21,23,25-26H,1-3,8-10H2. The molecule has 30 heavy (non-hydrogen) atoms. The van der Waals surface area contributed by atoms with E-state index in [1.54, 1.807) is 12.1 Å². The first-order valence-corrected chi connectivity index (χ1v) is 11.3. The van der Waals surface area contributed by atoms with Crippen LogP contribution in [0.1, 0.15) is 43.1 Å². The fourth-order valence-electron chi connectivity index (χ4n) is 4.07. The summed E-state index contributed by atoms with van der Waals surface area (Å²) in [6.45, 7) is 1.12. The molecule has 1 saturated heterocycles. The van der Waals surface area contributed by atoms with Gasteiger partial charge in [0.1, 0.15) is 10.6 Å². The third kappa shape index (κ3) is 3.94. The predicted octanol–water partition coefficient (Wildman–Crippen LogP) is 2.48. The van der Waals surface area contributed by atoms with E-state index in [1.165, 1.54) is 24.3 Å². The molecule has 0 aromatic heterocycles. The molecule has 2 aromatic rings. The number of aliphatic hydroxyl groups excluding tert-OH is 1. The first kappa shape index (κ1) is 20.5. The zero-order chi connectivity index (χ0) is 21.3. The summed E-state index contributed by atoms with van der Waals surface area (Å²) >= 11 is 0. The Morgan fingerprint density at radius 3 is 2.77 bits per heavy atom. The van der Waals surface area contributed by atoms with Gasteiger partial charge in [-0.2, -0.15) is 5.26 Å². The Morgan fingerprint density at radius 2 is 2.00 bits per heavy atom. The topological polar surface area (TPSA) is 123 Å². The molecule has 2 aromatic carbocycles. The van der Waals surface area contributed by atoms with E-state index >= 15 is 0 Å². The fraction of sp³-hybridized carbons (Fsp3) is 0.381. The minimum atomic E-state index is -4.12. The number of fused-ring (bicyclic) bond motifs is 4. The van der Waals surface area contributed by atoms with E-state index in [4.69, 9.17) is 4.74 Å². The number of nitrogens with one attached hydrogen (secondary N) is 1. The van der Waals surface area contributed by atoms with E-state index in [-0.39, 0.29) is 22.3 Å². The minimum absolute atomic E-state index is 0.0426. The zero-order valence-corrected chi connectivity index (χ0v) is 17.1. The Kier molecular flexibility index (Phi) is 5.56. The molecule has 0 aliphatic carbocycles. The van der Waals surface area contributed by atoms with Gasteiger partial charge in [0.05, 0.1) is 29.6 Å². The molecule has 2 aliphatic heterocycles. The van der Waals surface area contributed by atoms with Crippen LogP contribution in [0.2, 0.25) is 0 Å². The molecule has 4 rings (SSSR count). The van der Waals surface area contributed by atoms with E-state index in [1.807, 2.05) is 0 Å². The van der Waals surface area contributed by atoms with Crippen LogP contribution in [-0.2, 0) is 10.0 Å². The molecule has 9 heteroatoms. The van der Waals surface area contributed by atoms with Crippen LogP contribution in [0.25, 0.3) is 0 Å². The molecule has 3 N–H and O–H groups in total. The number of sulfonamides is 1. The number of aliphatic hydroxyl groups is 2. The van der Waals surface area contributed by atoms with Crippen molar-refractivity contribution in [2.75, 3.05) is 22.8 Å². The zero-order valence-electron chi connectivity index (χ0n) is 16.3. The Hall–Kier alpha value is -2.80. The lowest BCUT2D eigenvalue weighted by Crippen LogP contribution is -2.40. The first-order chi connectivity index (χ1) is 14.4. The van der Waals surface area contributed by atoms with Gasteiger partial charge in [0, 0.05) is 24.6 Å². The van der Waals surface area contributed by atoms with Gasteiger partial charge in [0.15, 0.2) is 6.29 Å². The van der Waals surface area contributed by atoms with Gasteiger partial charge in [-0.15, -0.1) is 0 Å². The third-order valence-corrected chi connectivity index (χ3v) is 6.96. The van der Waals surface area contributed by atoms with Gasteiger partial charge in [-0.05, 0) is 49.6 Å². The molecule has 1 atom stereocenters. The molecule has 0 amide bonds. The SMILES string of the molecule is N#Cc1ccc2c(c1)NS(=O)(=O)c1cc(C(O)O)ccc1OCCC1CCCCN21. The monoisotopic (exact) mass is 429 g/mol. The number of piperidine rings is 1. The number of rotatable bonds is 1. The predicted molar refractivity (Wildman–Crippen MR) is 111 cm³/mol. The average Bonchev–Trinajstić information content (AvgIpc) is 2.75. The number of ether oxygens (including phenoxy) is 1. The minimum Gasteiger partial charge on any atom is -0.492 e. The number of hydrogen-bond acceptors (Lipinski definition) is 7. The van der Waals surface area contributed by atoms with Crippen LogP contribution in [-0.4, -0.2) is 37.8 Å². The molecule has 1 unspecified atom stereocenters. The average molecular weight is 429 g/mol. The van der Waals surface area contributed by atoms with Crippen molar-refractivity contribution in [2.24, 2.45) is 0 Å². The van der Waals surface area contributed by atoms with Gasteiger partial charge < -0.3 is 19.8 Å². The molecule has 2 heterocycles. The van der Waals surface area contributed by atoms with Crippen LogP contribution in [0.5, 0.6) is 5.75 Å². The number of anilines is 2. The summed E-state index contributed by atoms with van der Waals surface area (Å²) in [5.41, 5.74) is 1.43. The molecule has 8 nitrogen and oxygen atoms in total. The highest BCUT2D eigenvalue weighted by atomic mass is 32.2. The van der Waals surface area contributed by atoms with E-state index < -0.39 is 16.3 Å². The van der Waals surface area contributed by atoms with E-state index in [0.29, 0.717) is 24.3 Å². The lowest BCUT2D eigenvalue weighted by atomic mass is 9.98. The van der Waals surface area contributed by atoms with Crippen LogP contribution in [0.4, 0.5) is 11.4 Å². The second-order valence-electron chi connectivity index (χ2n) is 7.51. The molecular formula is C21H23N3O5S. The third-order valence-electron chi connectivity index (χ3n) is 5.57. The van der Waals surface area contributed by atoms with Crippen molar-refractivity contribution in [3.63, 3.8) is 0 Å². The highest BCUT2D eigenvalue weighted by molar-refractivity contribution is 7.92. The van der Waals surface area contributed by atoms with Crippen LogP contribution >= 0.6 is 0 Å². The second kappa shape index (κ2) is 8.14. The molecule has 0 bridgehead atoms. The normalized spacial score (nSPS) is 20.5. The molecule has 1 fully saturated rings. The summed E-state index contributed by atoms with van der Waals surface area (Å²) in [6, 6.07) is 11.3. The van der Waals surface area contributed by atoms with E-state index in [2.05, 4.69) is 15.7 Å². The summed E-state index contributed by atoms with van der Waals surface area (Å²) < 4.78 is 35.0.